The molecule has 1 amide bonds. The maximum Gasteiger partial charge on any atom is 0.303 e. The third kappa shape index (κ3) is 5.66. The van der Waals surface area contributed by atoms with E-state index >= 15 is 0 Å². The van der Waals surface area contributed by atoms with Crippen LogP contribution in [0.15, 0.2) is 41.3 Å². The smallest absolute Gasteiger partial charge is 0.303 e. The van der Waals surface area contributed by atoms with Gasteiger partial charge in [-0.2, -0.15) is 0 Å². The van der Waals surface area contributed by atoms with Gasteiger partial charge in [0.2, 0.25) is 5.91 Å². The molecule has 0 aliphatic rings. The fraction of sp³-hybridized carbons (Fsp3) is 0.286. The van der Waals surface area contributed by atoms with E-state index < -0.39 is 5.97 Å². The Morgan fingerprint density at radius 3 is 2.53 bits per heavy atom. The number of carboxylic acids is 1. The van der Waals surface area contributed by atoms with Gasteiger partial charge in [-0.1, -0.05) is 30.1 Å². The van der Waals surface area contributed by atoms with Crippen LogP contribution in [0.25, 0.3) is 10.2 Å². The zero-order valence-corrected chi connectivity index (χ0v) is 19.4. The van der Waals surface area contributed by atoms with Gasteiger partial charge >= 0.3 is 5.97 Å². The van der Waals surface area contributed by atoms with Crippen molar-refractivity contribution in [2.24, 2.45) is 0 Å². The lowest BCUT2D eigenvalue weighted by Gasteiger charge is -2.22. The summed E-state index contributed by atoms with van der Waals surface area (Å²) in [6.07, 6.45) is 0.774. The van der Waals surface area contributed by atoms with Crippen LogP contribution in [0.5, 0.6) is 0 Å². The number of benzene rings is 2. The quantitative estimate of drug-likeness (QED) is 0.352. The predicted octanol–water partition coefficient (Wildman–Crippen LogP) is 6.50. The molecule has 0 aliphatic carbocycles. The maximum absolute atomic E-state index is 12.8. The lowest BCUT2D eigenvalue weighted by Crippen LogP contribution is -2.30. The molecule has 158 valence electrons. The molecule has 1 heterocycles. The molecule has 0 fully saturated rings. The second kappa shape index (κ2) is 10.5. The molecular formula is C21H20Cl2N2O3S2. The molecule has 0 spiro atoms. The van der Waals surface area contributed by atoms with E-state index in [9.17, 15) is 9.59 Å². The number of fused-ring (bicyclic) bond motifs is 1. The first-order valence-corrected chi connectivity index (χ1v) is 11.9. The van der Waals surface area contributed by atoms with Crippen molar-refractivity contribution in [2.75, 3.05) is 10.7 Å². The van der Waals surface area contributed by atoms with Gasteiger partial charge in [0.15, 0.2) is 0 Å². The molecular weight excluding hydrogens is 463 g/mol. The standard InChI is InChI=1S/C21H20Cl2N2O3S2/c1-2-11-29-14-5-3-13(4-6-14)25(18(26)9-10-19(27)28)12-17-24-21-16(30-17)8-7-15(22)20(21)23/h3-8H,2,9-12H2,1H3,(H,27,28). The minimum atomic E-state index is -1.00. The highest BCUT2D eigenvalue weighted by Gasteiger charge is 2.20. The number of hydrogen-bond acceptors (Lipinski definition) is 5. The number of anilines is 1. The maximum atomic E-state index is 12.8. The van der Waals surface area contributed by atoms with Crippen molar-refractivity contribution in [2.45, 2.75) is 37.6 Å². The number of hydrogen-bond donors (Lipinski definition) is 1. The van der Waals surface area contributed by atoms with Gasteiger partial charge in [-0.15, -0.1) is 23.1 Å². The number of nitrogens with zero attached hydrogens (tertiary/aromatic N) is 2. The third-order valence-electron chi connectivity index (χ3n) is 4.26. The fourth-order valence-electron chi connectivity index (χ4n) is 2.80. The number of carbonyl (C=O) groups is 2. The first kappa shape index (κ1) is 22.9. The minimum Gasteiger partial charge on any atom is -0.481 e. The summed E-state index contributed by atoms with van der Waals surface area (Å²) in [6.45, 7) is 2.36. The van der Waals surface area contributed by atoms with Crippen molar-refractivity contribution in [3.8, 4) is 0 Å². The third-order valence-corrected chi connectivity index (χ3v) is 7.28. The highest BCUT2D eigenvalue weighted by Crippen LogP contribution is 2.34. The van der Waals surface area contributed by atoms with Gasteiger partial charge in [0, 0.05) is 17.0 Å². The summed E-state index contributed by atoms with van der Waals surface area (Å²) < 4.78 is 0.878. The molecule has 0 radical (unpaired) electrons. The van der Waals surface area contributed by atoms with Gasteiger partial charge in [0.05, 0.1) is 27.7 Å². The van der Waals surface area contributed by atoms with E-state index in [-0.39, 0.29) is 25.3 Å². The molecule has 0 atom stereocenters. The Balaban J connectivity index is 1.88. The van der Waals surface area contributed by atoms with E-state index in [0.717, 1.165) is 21.8 Å². The molecule has 30 heavy (non-hydrogen) atoms. The van der Waals surface area contributed by atoms with E-state index in [0.29, 0.717) is 26.3 Å². The Morgan fingerprint density at radius 1 is 1.13 bits per heavy atom. The van der Waals surface area contributed by atoms with E-state index in [1.54, 1.807) is 22.7 Å². The highest BCUT2D eigenvalue weighted by atomic mass is 35.5. The van der Waals surface area contributed by atoms with Crippen molar-refractivity contribution >= 4 is 74.1 Å². The average Bonchev–Trinajstić information content (AvgIpc) is 3.15. The molecule has 0 saturated carbocycles. The number of rotatable bonds is 9. The monoisotopic (exact) mass is 482 g/mol. The van der Waals surface area contributed by atoms with Crippen molar-refractivity contribution in [1.82, 2.24) is 4.98 Å². The summed E-state index contributed by atoms with van der Waals surface area (Å²) in [5.41, 5.74) is 1.31. The summed E-state index contributed by atoms with van der Waals surface area (Å²) in [4.78, 5) is 31.0. The summed E-state index contributed by atoms with van der Waals surface area (Å²) in [6, 6.07) is 11.3. The molecule has 0 bridgehead atoms. The highest BCUT2D eigenvalue weighted by molar-refractivity contribution is 7.99. The van der Waals surface area contributed by atoms with Crippen LogP contribution >= 0.6 is 46.3 Å². The molecule has 0 unspecified atom stereocenters. The summed E-state index contributed by atoms with van der Waals surface area (Å²) in [5.74, 6) is -0.249. The molecule has 1 N–H and O–H groups in total. The van der Waals surface area contributed by atoms with Crippen LogP contribution in [0.4, 0.5) is 5.69 Å². The van der Waals surface area contributed by atoms with Gasteiger partial charge in [-0.25, -0.2) is 4.98 Å². The number of thiazole rings is 1. The average molecular weight is 483 g/mol. The van der Waals surface area contributed by atoms with E-state index in [2.05, 4.69) is 11.9 Å². The summed E-state index contributed by atoms with van der Waals surface area (Å²) in [7, 11) is 0. The zero-order valence-electron chi connectivity index (χ0n) is 16.2. The van der Waals surface area contributed by atoms with Crippen LogP contribution in [0, 0.1) is 0 Å². The van der Waals surface area contributed by atoms with Crippen LogP contribution < -0.4 is 4.90 Å². The predicted molar refractivity (Wildman–Crippen MR) is 125 cm³/mol. The molecule has 3 rings (SSSR count). The van der Waals surface area contributed by atoms with Gasteiger partial charge in [-0.05, 0) is 48.6 Å². The van der Waals surface area contributed by atoms with Crippen LogP contribution in [0.1, 0.15) is 31.2 Å². The molecule has 0 saturated heterocycles. The summed E-state index contributed by atoms with van der Waals surface area (Å²) >= 11 is 15.5. The Morgan fingerprint density at radius 2 is 1.87 bits per heavy atom. The van der Waals surface area contributed by atoms with Crippen LogP contribution in [0.3, 0.4) is 0 Å². The zero-order chi connectivity index (χ0) is 21.7. The molecule has 1 aromatic heterocycles. The Hall–Kier alpha value is -1.80. The molecule has 9 heteroatoms. The van der Waals surface area contributed by atoms with Crippen molar-refractivity contribution in [3.63, 3.8) is 0 Å². The van der Waals surface area contributed by atoms with E-state index in [1.165, 1.54) is 11.3 Å². The minimum absolute atomic E-state index is 0.0842. The van der Waals surface area contributed by atoms with Crippen LogP contribution in [-0.4, -0.2) is 27.7 Å². The number of carbonyl (C=O) groups excluding carboxylic acids is 1. The topological polar surface area (TPSA) is 70.5 Å². The van der Waals surface area contributed by atoms with E-state index in [1.807, 2.05) is 30.3 Å². The second-order valence-electron chi connectivity index (χ2n) is 6.53. The molecule has 5 nitrogen and oxygen atoms in total. The normalized spacial score (nSPS) is 11.0. The van der Waals surface area contributed by atoms with Crippen molar-refractivity contribution in [3.05, 3.63) is 51.5 Å². The van der Waals surface area contributed by atoms with Gasteiger partial charge in [0.25, 0.3) is 0 Å². The van der Waals surface area contributed by atoms with Crippen LogP contribution in [-0.2, 0) is 16.1 Å². The number of halogens is 2. The number of aromatic nitrogens is 1. The second-order valence-corrected chi connectivity index (χ2v) is 9.60. The van der Waals surface area contributed by atoms with Gasteiger partial charge in [-0.3, -0.25) is 9.59 Å². The lowest BCUT2D eigenvalue weighted by atomic mass is 10.2. The molecule has 3 aromatic rings. The van der Waals surface area contributed by atoms with Crippen molar-refractivity contribution in [1.29, 1.82) is 0 Å². The first-order valence-electron chi connectivity index (χ1n) is 9.37. The first-order chi connectivity index (χ1) is 14.4. The molecule has 2 aromatic carbocycles. The Labute approximate surface area is 193 Å². The molecule has 0 aliphatic heterocycles. The van der Waals surface area contributed by atoms with Gasteiger partial charge in [0.1, 0.15) is 10.5 Å². The van der Waals surface area contributed by atoms with Crippen LogP contribution in [0.2, 0.25) is 10.0 Å². The van der Waals surface area contributed by atoms with E-state index in [4.69, 9.17) is 28.3 Å². The number of carboxylic acid groups (broad SMARTS) is 1. The number of aliphatic carboxylic acids is 1. The summed E-state index contributed by atoms with van der Waals surface area (Å²) in [5, 5.41) is 10.5. The number of thioether (sulfide) groups is 1. The fourth-order valence-corrected chi connectivity index (χ4v) is 4.95. The SMILES string of the molecule is CCCSc1ccc(N(Cc2nc3c(Cl)c(Cl)ccc3s2)C(=O)CCC(=O)O)cc1. The number of amides is 1. The lowest BCUT2D eigenvalue weighted by molar-refractivity contribution is -0.138. The van der Waals surface area contributed by atoms with Gasteiger partial charge < -0.3 is 10.0 Å². The largest absolute Gasteiger partial charge is 0.481 e. The van der Waals surface area contributed by atoms with Crippen molar-refractivity contribution < 1.29 is 14.7 Å². The Kier molecular flexibility index (Phi) is 7.99. The Bertz CT molecular complexity index is 1050.